The first-order valence-electron chi connectivity index (χ1n) is 8.70. The molecule has 2 N–H and O–H groups in total. The van der Waals surface area contributed by atoms with Gasteiger partial charge in [0.2, 0.25) is 5.91 Å². The number of ether oxygens (including phenoxy) is 2. The quantitative estimate of drug-likeness (QED) is 0.527. The SMILES string of the molecule is CCCCOC(=O)c1ccc(NC(=O)CCN2CCOCC2)cc1O.Cl. The summed E-state index contributed by atoms with van der Waals surface area (Å²) in [7, 11) is 0. The molecule has 2 rings (SSSR count). The molecule has 1 amide bonds. The average Bonchev–Trinajstić information content (AvgIpc) is 2.61. The second kappa shape index (κ2) is 11.7. The van der Waals surface area contributed by atoms with Gasteiger partial charge in [-0.25, -0.2) is 4.79 Å². The normalized spacial score (nSPS) is 14.3. The maximum atomic E-state index is 12.0. The fourth-order valence-corrected chi connectivity index (χ4v) is 2.48. The van der Waals surface area contributed by atoms with Crippen LogP contribution < -0.4 is 5.32 Å². The van der Waals surface area contributed by atoms with Gasteiger partial charge in [0.25, 0.3) is 0 Å². The third-order valence-electron chi connectivity index (χ3n) is 3.99. The number of benzene rings is 1. The number of nitrogens with one attached hydrogen (secondary N) is 1. The van der Waals surface area contributed by atoms with Crippen molar-refractivity contribution in [3.8, 4) is 5.75 Å². The van der Waals surface area contributed by atoms with Gasteiger partial charge in [-0.1, -0.05) is 13.3 Å². The first-order chi connectivity index (χ1) is 12.1. The molecule has 1 heterocycles. The van der Waals surface area contributed by atoms with Crippen molar-refractivity contribution in [2.45, 2.75) is 26.2 Å². The van der Waals surface area contributed by atoms with Gasteiger partial charge in [0.1, 0.15) is 11.3 Å². The molecule has 0 unspecified atom stereocenters. The van der Waals surface area contributed by atoms with E-state index in [1.807, 2.05) is 6.92 Å². The van der Waals surface area contributed by atoms with E-state index in [-0.39, 0.29) is 29.6 Å². The molecule has 8 heteroatoms. The molecule has 7 nitrogen and oxygen atoms in total. The molecule has 1 saturated heterocycles. The number of nitrogens with zero attached hydrogens (tertiary/aromatic N) is 1. The molecule has 1 aliphatic rings. The van der Waals surface area contributed by atoms with Crippen molar-refractivity contribution >= 4 is 30.0 Å². The van der Waals surface area contributed by atoms with Gasteiger partial charge in [-0.05, 0) is 18.6 Å². The van der Waals surface area contributed by atoms with Gasteiger partial charge < -0.3 is 19.9 Å². The molecule has 0 atom stereocenters. The number of amides is 1. The van der Waals surface area contributed by atoms with Crippen LogP contribution in [0.25, 0.3) is 0 Å². The van der Waals surface area contributed by atoms with Crippen molar-refractivity contribution in [2.24, 2.45) is 0 Å². The number of esters is 1. The van der Waals surface area contributed by atoms with Gasteiger partial charge in [-0.15, -0.1) is 12.4 Å². The Morgan fingerprint density at radius 1 is 1.31 bits per heavy atom. The molecule has 1 fully saturated rings. The molecule has 1 aromatic rings. The van der Waals surface area contributed by atoms with Gasteiger partial charge in [0.05, 0.1) is 19.8 Å². The van der Waals surface area contributed by atoms with Gasteiger partial charge in [0.15, 0.2) is 0 Å². The highest BCUT2D eigenvalue weighted by Crippen LogP contribution is 2.23. The third-order valence-corrected chi connectivity index (χ3v) is 3.99. The summed E-state index contributed by atoms with van der Waals surface area (Å²) < 4.78 is 10.3. The zero-order chi connectivity index (χ0) is 18.1. The van der Waals surface area contributed by atoms with Crippen molar-refractivity contribution in [3.05, 3.63) is 23.8 Å². The zero-order valence-electron chi connectivity index (χ0n) is 15.0. The summed E-state index contributed by atoms with van der Waals surface area (Å²) in [5.41, 5.74) is 0.553. The number of halogens is 1. The average molecular weight is 387 g/mol. The first kappa shape index (κ1) is 22.2. The van der Waals surface area contributed by atoms with Crippen LogP contribution in [0.15, 0.2) is 18.2 Å². The number of carbonyl (C=O) groups excluding carboxylic acids is 2. The highest BCUT2D eigenvalue weighted by Gasteiger charge is 2.15. The molecule has 0 saturated carbocycles. The largest absolute Gasteiger partial charge is 0.507 e. The molecule has 0 radical (unpaired) electrons. The number of phenols is 1. The lowest BCUT2D eigenvalue weighted by molar-refractivity contribution is -0.116. The zero-order valence-corrected chi connectivity index (χ0v) is 15.8. The van der Waals surface area contributed by atoms with E-state index in [9.17, 15) is 14.7 Å². The monoisotopic (exact) mass is 386 g/mol. The standard InChI is InChI=1S/C18H26N2O5.ClH/c1-2-3-10-25-18(23)15-5-4-14(13-16(15)21)19-17(22)6-7-20-8-11-24-12-9-20;/h4-5,13,21H,2-3,6-12H2,1H3,(H,19,22);1H. The van der Waals surface area contributed by atoms with E-state index in [2.05, 4.69) is 10.2 Å². The molecule has 1 aromatic carbocycles. The topological polar surface area (TPSA) is 88.1 Å². The van der Waals surface area contributed by atoms with Gasteiger partial charge in [-0.2, -0.15) is 0 Å². The highest BCUT2D eigenvalue weighted by atomic mass is 35.5. The Hall–Kier alpha value is -1.83. The second-order valence-electron chi connectivity index (χ2n) is 5.97. The highest BCUT2D eigenvalue weighted by molar-refractivity contribution is 5.95. The molecular formula is C18H27ClN2O5. The van der Waals surface area contributed by atoms with Crippen LogP contribution in [0.2, 0.25) is 0 Å². The van der Waals surface area contributed by atoms with E-state index >= 15 is 0 Å². The van der Waals surface area contributed by atoms with E-state index in [0.29, 0.717) is 38.5 Å². The molecule has 1 aliphatic heterocycles. The molecular weight excluding hydrogens is 360 g/mol. The Morgan fingerprint density at radius 3 is 2.69 bits per heavy atom. The molecule has 0 spiro atoms. The maximum absolute atomic E-state index is 12.0. The Balaban J connectivity index is 0.00000338. The predicted octanol–water partition coefficient (Wildman–Crippen LogP) is 2.43. The third kappa shape index (κ3) is 7.19. The summed E-state index contributed by atoms with van der Waals surface area (Å²) in [6, 6.07) is 4.41. The van der Waals surface area contributed by atoms with Gasteiger partial charge in [0, 0.05) is 37.8 Å². The number of morpholine rings is 1. The number of aromatic hydroxyl groups is 1. The number of unbranched alkanes of at least 4 members (excludes halogenated alkanes) is 1. The number of hydrogen-bond donors (Lipinski definition) is 2. The summed E-state index contributed by atoms with van der Waals surface area (Å²) in [5, 5.41) is 12.7. The minimum atomic E-state index is -0.559. The first-order valence-corrected chi connectivity index (χ1v) is 8.70. The lowest BCUT2D eigenvalue weighted by Gasteiger charge is -2.26. The summed E-state index contributed by atoms with van der Waals surface area (Å²) in [5.74, 6) is -0.896. The van der Waals surface area contributed by atoms with Crippen molar-refractivity contribution in [3.63, 3.8) is 0 Å². The van der Waals surface area contributed by atoms with E-state index in [1.165, 1.54) is 12.1 Å². The number of anilines is 1. The van der Waals surface area contributed by atoms with Gasteiger partial charge in [-0.3, -0.25) is 9.69 Å². The van der Waals surface area contributed by atoms with Crippen molar-refractivity contribution in [1.82, 2.24) is 4.90 Å². The minimum Gasteiger partial charge on any atom is -0.507 e. The smallest absolute Gasteiger partial charge is 0.341 e. The van der Waals surface area contributed by atoms with Crippen molar-refractivity contribution < 1.29 is 24.2 Å². The van der Waals surface area contributed by atoms with Crippen LogP contribution in [0.4, 0.5) is 5.69 Å². The van der Waals surface area contributed by atoms with Crippen LogP contribution in [-0.2, 0) is 14.3 Å². The van der Waals surface area contributed by atoms with Crippen LogP contribution in [-0.4, -0.2) is 61.3 Å². The molecule has 0 aliphatic carbocycles. The maximum Gasteiger partial charge on any atom is 0.341 e. The van der Waals surface area contributed by atoms with E-state index in [0.717, 1.165) is 25.9 Å². The summed E-state index contributed by atoms with van der Waals surface area (Å²) in [4.78, 5) is 26.1. The number of hydrogen-bond acceptors (Lipinski definition) is 6. The van der Waals surface area contributed by atoms with E-state index < -0.39 is 5.97 Å². The lowest BCUT2D eigenvalue weighted by Crippen LogP contribution is -2.38. The molecule has 146 valence electrons. The summed E-state index contributed by atoms with van der Waals surface area (Å²) >= 11 is 0. The van der Waals surface area contributed by atoms with Crippen LogP contribution in [0.3, 0.4) is 0 Å². The number of rotatable bonds is 8. The summed E-state index contributed by atoms with van der Waals surface area (Å²) in [6.45, 7) is 6.07. The van der Waals surface area contributed by atoms with Crippen LogP contribution in [0, 0.1) is 0 Å². The van der Waals surface area contributed by atoms with Crippen molar-refractivity contribution in [1.29, 1.82) is 0 Å². The number of carbonyl (C=O) groups is 2. The second-order valence-corrected chi connectivity index (χ2v) is 5.97. The lowest BCUT2D eigenvalue weighted by atomic mass is 10.1. The Labute approximate surface area is 160 Å². The van der Waals surface area contributed by atoms with Crippen LogP contribution in [0.5, 0.6) is 5.75 Å². The van der Waals surface area contributed by atoms with E-state index in [4.69, 9.17) is 9.47 Å². The van der Waals surface area contributed by atoms with Gasteiger partial charge >= 0.3 is 5.97 Å². The molecule has 26 heavy (non-hydrogen) atoms. The number of phenolic OH excluding ortho intramolecular Hbond substituents is 1. The van der Waals surface area contributed by atoms with Crippen molar-refractivity contribution in [2.75, 3.05) is 44.8 Å². The fraction of sp³-hybridized carbons (Fsp3) is 0.556. The predicted molar refractivity (Wildman–Crippen MR) is 101 cm³/mol. The Morgan fingerprint density at radius 2 is 2.04 bits per heavy atom. The van der Waals surface area contributed by atoms with E-state index in [1.54, 1.807) is 6.07 Å². The Kier molecular flexibility index (Phi) is 10.0. The minimum absolute atomic E-state index is 0. The Bertz CT molecular complexity index is 591. The fourth-order valence-electron chi connectivity index (χ4n) is 2.48. The van der Waals surface area contributed by atoms with Crippen LogP contribution >= 0.6 is 12.4 Å². The molecule has 0 aromatic heterocycles. The molecule has 0 bridgehead atoms. The van der Waals surface area contributed by atoms with Crippen LogP contribution in [0.1, 0.15) is 36.5 Å². The summed E-state index contributed by atoms with van der Waals surface area (Å²) in [6.07, 6.45) is 2.07.